The molecule has 0 spiro atoms. The van der Waals surface area contributed by atoms with Crippen molar-refractivity contribution < 1.29 is 13.9 Å². The average Bonchev–Trinajstić information content (AvgIpc) is 2.51. The molecule has 116 valence electrons. The Morgan fingerprint density at radius 1 is 1.14 bits per heavy atom. The smallest absolute Gasteiger partial charge is 0.254 e. The minimum atomic E-state index is -0.515. The zero-order chi connectivity index (χ0) is 15.9. The Bertz CT molecular complexity index is 640. The zero-order valence-electron chi connectivity index (χ0n) is 12.8. The summed E-state index contributed by atoms with van der Waals surface area (Å²) in [6.45, 7) is 4.85. The van der Waals surface area contributed by atoms with Crippen LogP contribution >= 0.6 is 0 Å². The molecule has 22 heavy (non-hydrogen) atoms. The zero-order valence-corrected chi connectivity index (χ0v) is 12.8. The maximum Gasteiger partial charge on any atom is 0.254 e. The molecule has 0 radical (unpaired) electrons. The second-order valence-corrected chi connectivity index (χ2v) is 5.34. The van der Waals surface area contributed by atoms with Crippen LogP contribution in [-0.2, 0) is 17.9 Å². The van der Waals surface area contributed by atoms with Gasteiger partial charge in [-0.3, -0.25) is 4.79 Å². The number of hydrogen-bond acceptors (Lipinski definition) is 2. The fraction of sp³-hybridized carbons (Fsp3) is 0.278. The molecule has 0 aliphatic heterocycles. The van der Waals surface area contributed by atoms with Gasteiger partial charge in [0.25, 0.3) is 5.91 Å². The molecule has 0 saturated carbocycles. The van der Waals surface area contributed by atoms with Gasteiger partial charge in [-0.05, 0) is 37.1 Å². The lowest BCUT2D eigenvalue weighted by molar-refractivity contribution is 0.0657. The Balaban J connectivity index is 1.95. The standard InChI is InChI=1S/C18H20FNO2/c1-13(2)22-12-15-7-5-6-14(10-15)11-20-18(21)16-8-3-4-9-17(16)19/h3-10,13H,11-12H2,1-2H3,(H,20,21). The third-order valence-corrected chi connectivity index (χ3v) is 3.15. The lowest BCUT2D eigenvalue weighted by Crippen LogP contribution is -2.23. The highest BCUT2D eigenvalue weighted by molar-refractivity contribution is 5.94. The number of carbonyl (C=O) groups is 1. The fourth-order valence-corrected chi connectivity index (χ4v) is 2.02. The molecule has 0 atom stereocenters. The van der Waals surface area contributed by atoms with Crippen molar-refractivity contribution in [3.05, 3.63) is 71.0 Å². The van der Waals surface area contributed by atoms with Crippen LogP contribution in [-0.4, -0.2) is 12.0 Å². The van der Waals surface area contributed by atoms with Gasteiger partial charge in [0.05, 0.1) is 18.3 Å². The van der Waals surface area contributed by atoms with Gasteiger partial charge in [-0.15, -0.1) is 0 Å². The largest absolute Gasteiger partial charge is 0.374 e. The van der Waals surface area contributed by atoms with Gasteiger partial charge in [-0.1, -0.05) is 36.4 Å². The number of amides is 1. The molecular formula is C18H20FNO2. The number of nitrogens with one attached hydrogen (secondary N) is 1. The molecule has 3 nitrogen and oxygen atoms in total. The van der Waals surface area contributed by atoms with Crippen molar-refractivity contribution in [3.63, 3.8) is 0 Å². The van der Waals surface area contributed by atoms with Gasteiger partial charge in [0, 0.05) is 6.54 Å². The van der Waals surface area contributed by atoms with Crippen LogP contribution in [0.5, 0.6) is 0 Å². The molecule has 0 aliphatic rings. The molecule has 0 bridgehead atoms. The Morgan fingerprint density at radius 2 is 1.86 bits per heavy atom. The van der Waals surface area contributed by atoms with E-state index in [2.05, 4.69) is 5.32 Å². The molecule has 0 aliphatic carbocycles. The molecule has 4 heteroatoms. The number of hydrogen-bond donors (Lipinski definition) is 1. The van der Waals surface area contributed by atoms with Crippen LogP contribution in [0, 0.1) is 5.82 Å². The molecule has 2 aromatic carbocycles. The van der Waals surface area contributed by atoms with Crippen molar-refractivity contribution in [2.45, 2.75) is 33.1 Å². The van der Waals surface area contributed by atoms with Crippen molar-refractivity contribution in [2.75, 3.05) is 0 Å². The third-order valence-electron chi connectivity index (χ3n) is 3.15. The Morgan fingerprint density at radius 3 is 2.59 bits per heavy atom. The highest BCUT2D eigenvalue weighted by Gasteiger charge is 2.10. The lowest BCUT2D eigenvalue weighted by atomic mass is 10.1. The minimum absolute atomic E-state index is 0.0572. The average molecular weight is 301 g/mol. The van der Waals surface area contributed by atoms with Gasteiger partial charge < -0.3 is 10.1 Å². The summed E-state index contributed by atoms with van der Waals surface area (Å²) in [5.74, 6) is -0.930. The topological polar surface area (TPSA) is 38.3 Å². The van der Waals surface area contributed by atoms with Crippen LogP contribution in [0.1, 0.15) is 35.3 Å². The summed E-state index contributed by atoms with van der Waals surface area (Å²) in [4.78, 5) is 12.0. The summed E-state index contributed by atoms with van der Waals surface area (Å²) < 4.78 is 19.1. The van der Waals surface area contributed by atoms with Crippen LogP contribution in [0.2, 0.25) is 0 Å². The minimum Gasteiger partial charge on any atom is -0.374 e. The van der Waals surface area contributed by atoms with E-state index in [-0.39, 0.29) is 11.7 Å². The first-order valence-electron chi connectivity index (χ1n) is 7.28. The summed E-state index contributed by atoms with van der Waals surface area (Å²) >= 11 is 0. The Labute approximate surface area is 130 Å². The van der Waals surface area contributed by atoms with Gasteiger partial charge in [0.2, 0.25) is 0 Å². The molecule has 0 aromatic heterocycles. The number of carbonyl (C=O) groups excluding carboxylic acids is 1. The highest BCUT2D eigenvalue weighted by atomic mass is 19.1. The normalized spacial score (nSPS) is 10.7. The lowest BCUT2D eigenvalue weighted by Gasteiger charge is -2.10. The summed E-state index contributed by atoms with van der Waals surface area (Å²) in [5.41, 5.74) is 2.06. The molecule has 0 unspecified atom stereocenters. The van der Waals surface area contributed by atoms with Gasteiger partial charge in [-0.25, -0.2) is 4.39 Å². The number of ether oxygens (including phenoxy) is 1. The summed E-state index contributed by atoms with van der Waals surface area (Å²) in [7, 11) is 0. The van der Waals surface area contributed by atoms with Crippen LogP contribution in [0.4, 0.5) is 4.39 Å². The molecule has 2 rings (SSSR count). The number of benzene rings is 2. The predicted molar refractivity (Wildman–Crippen MR) is 83.9 cm³/mol. The van der Waals surface area contributed by atoms with Gasteiger partial charge in [0.1, 0.15) is 5.82 Å². The second-order valence-electron chi connectivity index (χ2n) is 5.34. The van der Waals surface area contributed by atoms with Crippen LogP contribution in [0.3, 0.4) is 0 Å². The predicted octanol–water partition coefficient (Wildman–Crippen LogP) is 3.68. The van der Waals surface area contributed by atoms with Crippen LogP contribution in [0.15, 0.2) is 48.5 Å². The van der Waals surface area contributed by atoms with Gasteiger partial charge in [-0.2, -0.15) is 0 Å². The van der Waals surface area contributed by atoms with Crippen molar-refractivity contribution in [3.8, 4) is 0 Å². The van der Waals surface area contributed by atoms with Crippen molar-refractivity contribution >= 4 is 5.91 Å². The monoisotopic (exact) mass is 301 g/mol. The quantitative estimate of drug-likeness (QED) is 0.884. The van der Waals surface area contributed by atoms with E-state index >= 15 is 0 Å². The van der Waals surface area contributed by atoms with E-state index in [4.69, 9.17) is 4.74 Å². The number of halogens is 1. The van der Waals surface area contributed by atoms with E-state index in [0.29, 0.717) is 13.2 Å². The van der Waals surface area contributed by atoms with E-state index in [1.165, 1.54) is 12.1 Å². The molecular weight excluding hydrogens is 281 g/mol. The van der Waals surface area contributed by atoms with E-state index < -0.39 is 11.7 Å². The Kier molecular flexibility index (Phi) is 5.67. The van der Waals surface area contributed by atoms with E-state index in [1.54, 1.807) is 12.1 Å². The van der Waals surface area contributed by atoms with Crippen molar-refractivity contribution in [1.29, 1.82) is 0 Å². The molecule has 2 aromatic rings. The molecule has 0 fully saturated rings. The summed E-state index contributed by atoms with van der Waals surface area (Å²) in [5, 5.41) is 2.73. The maximum atomic E-state index is 13.5. The summed E-state index contributed by atoms with van der Waals surface area (Å²) in [6, 6.07) is 13.7. The van der Waals surface area contributed by atoms with Crippen molar-refractivity contribution in [2.24, 2.45) is 0 Å². The van der Waals surface area contributed by atoms with Crippen LogP contribution < -0.4 is 5.32 Å². The van der Waals surface area contributed by atoms with E-state index in [9.17, 15) is 9.18 Å². The summed E-state index contributed by atoms with van der Waals surface area (Å²) in [6.07, 6.45) is 0.171. The van der Waals surface area contributed by atoms with Gasteiger partial charge in [0.15, 0.2) is 0 Å². The van der Waals surface area contributed by atoms with Crippen molar-refractivity contribution in [1.82, 2.24) is 5.32 Å². The highest BCUT2D eigenvalue weighted by Crippen LogP contribution is 2.09. The molecule has 1 amide bonds. The second kappa shape index (κ2) is 7.71. The van der Waals surface area contributed by atoms with Crippen LogP contribution in [0.25, 0.3) is 0 Å². The number of rotatable bonds is 6. The molecule has 0 saturated heterocycles. The SMILES string of the molecule is CC(C)OCc1cccc(CNC(=O)c2ccccc2F)c1. The van der Waals surface area contributed by atoms with Gasteiger partial charge >= 0.3 is 0 Å². The third kappa shape index (κ3) is 4.67. The van der Waals surface area contributed by atoms with E-state index in [0.717, 1.165) is 11.1 Å². The Hall–Kier alpha value is -2.20. The molecule has 0 heterocycles. The maximum absolute atomic E-state index is 13.5. The first kappa shape index (κ1) is 16.2. The first-order valence-corrected chi connectivity index (χ1v) is 7.28. The first-order chi connectivity index (χ1) is 10.6. The van der Waals surface area contributed by atoms with E-state index in [1.807, 2.05) is 38.1 Å². The molecule has 1 N–H and O–H groups in total. The fourth-order valence-electron chi connectivity index (χ4n) is 2.02.